The summed E-state index contributed by atoms with van der Waals surface area (Å²) < 4.78 is 5.61. The fourth-order valence-electron chi connectivity index (χ4n) is 3.33. The number of aliphatic hydroxyl groups is 1. The van der Waals surface area contributed by atoms with Crippen LogP contribution in [0.2, 0.25) is 0 Å². The van der Waals surface area contributed by atoms with Gasteiger partial charge in [-0.15, -0.1) is 0 Å². The fourth-order valence-corrected chi connectivity index (χ4v) is 3.33. The number of piperidine rings is 1. The molecule has 1 aliphatic rings. The Kier molecular flexibility index (Phi) is 5.59. The summed E-state index contributed by atoms with van der Waals surface area (Å²) in [7, 11) is 0. The van der Waals surface area contributed by atoms with Crippen molar-refractivity contribution in [3.8, 4) is 0 Å². The van der Waals surface area contributed by atoms with E-state index in [-0.39, 0.29) is 6.61 Å². The van der Waals surface area contributed by atoms with Crippen molar-refractivity contribution in [2.24, 2.45) is 0 Å². The van der Waals surface area contributed by atoms with E-state index in [9.17, 15) is 0 Å². The van der Waals surface area contributed by atoms with Gasteiger partial charge in [0.25, 0.3) is 0 Å². The molecule has 0 unspecified atom stereocenters. The zero-order valence-electron chi connectivity index (χ0n) is 14.7. The molecule has 0 spiro atoms. The average molecular weight is 328 g/mol. The summed E-state index contributed by atoms with van der Waals surface area (Å²) in [5.74, 6) is 2.14. The number of hydrogen-bond acceptors (Lipinski definition) is 4. The van der Waals surface area contributed by atoms with Crippen molar-refractivity contribution < 1.29 is 9.52 Å². The third kappa shape index (κ3) is 4.40. The number of rotatable bonds is 6. The van der Waals surface area contributed by atoms with Crippen LogP contribution in [-0.2, 0) is 13.2 Å². The van der Waals surface area contributed by atoms with Crippen LogP contribution in [0.3, 0.4) is 0 Å². The molecule has 1 saturated heterocycles. The van der Waals surface area contributed by atoms with Crippen molar-refractivity contribution in [1.29, 1.82) is 0 Å². The maximum atomic E-state index is 9.10. The Bertz CT molecular complexity index is 633. The molecule has 1 fully saturated rings. The third-order valence-corrected chi connectivity index (χ3v) is 4.71. The van der Waals surface area contributed by atoms with Crippen LogP contribution in [0.15, 0.2) is 40.8 Å². The molecule has 1 aromatic carbocycles. The van der Waals surface area contributed by atoms with Gasteiger partial charge in [-0.3, -0.25) is 4.90 Å². The van der Waals surface area contributed by atoms with Crippen LogP contribution in [0.5, 0.6) is 0 Å². The smallest absolute Gasteiger partial charge is 0.129 e. The number of nitrogens with zero attached hydrogens (tertiary/aromatic N) is 1. The van der Waals surface area contributed by atoms with E-state index in [4.69, 9.17) is 9.52 Å². The van der Waals surface area contributed by atoms with Crippen LogP contribution in [0.4, 0.5) is 5.69 Å². The van der Waals surface area contributed by atoms with Gasteiger partial charge in [-0.25, -0.2) is 0 Å². The van der Waals surface area contributed by atoms with Crippen molar-refractivity contribution in [3.05, 3.63) is 53.5 Å². The second-order valence-corrected chi connectivity index (χ2v) is 7.02. The van der Waals surface area contributed by atoms with Gasteiger partial charge < -0.3 is 14.8 Å². The summed E-state index contributed by atoms with van der Waals surface area (Å²) in [5, 5.41) is 12.8. The molecule has 0 saturated carbocycles. The number of likely N-dealkylation sites (tertiary alicyclic amines) is 1. The largest absolute Gasteiger partial charge is 0.462 e. The zero-order chi connectivity index (χ0) is 16.9. The minimum absolute atomic E-state index is 0.0312. The highest BCUT2D eigenvalue weighted by Gasteiger charge is 2.20. The number of nitrogens with one attached hydrogen (secondary N) is 1. The second-order valence-electron chi connectivity index (χ2n) is 7.02. The van der Waals surface area contributed by atoms with Crippen LogP contribution in [-0.4, -0.2) is 29.1 Å². The van der Waals surface area contributed by atoms with E-state index in [1.54, 1.807) is 0 Å². The normalized spacial score (nSPS) is 18.9. The standard InChI is InChI=1S/C20H28N2O2/c1-15(2)16-5-7-17(8-6-16)21-18-4-3-11-22(12-18)13-19-9-10-20(14-23)24-19/h5-10,15,18,21,23H,3-4,11-14H2,1-2H3/t18-/m1/s1. The summed E-state index contributed by atoms with van der Waals surface area (Å²) in [5.41, 5.74) is 2.58. The highest BCUT2D eigenvalue weighted by Crippen LogP contribution is 2.21. The van der Waals surface area contributed by atoms with E-state index in [2.05, 4.69) is 48.3 Å². The second kappa shape index (κ2) is 7.86. The Hall–Kier alpha value is -1.78. The first-order chi connectivity index (χ1) is 11.6. The molecule has 2 heterocycles. The lowest BCUT2D eigenvalue weighted by Crippen LogP contribution is -2.41. The molecule has 0 bridgehead atoms. The van der Waals surface area contributed by atoms with E-state index in [1.807, 2.05) is 12.1 Å². The molecule has 1 aliphatic heterocycles. The number of anilines is 1. The fraction of sp³-hybridized carbons (Fsp3) is 0.500. The molecular weight excluding hydrogens is 300 g/mol. The Morgan fingerprint density at radius 1 is 1.17 bits per heavy atom. The zero-order valence-corrected chi connectivity index (χ0v) is 14.7. The molecule has 2 aromatic rings. The van der Waals surface area contributed by atoms with Gasteiger partial charge in [-0.2, -0.15) is 0 Å². The molecule has 0 radical (unpaired) electrons. The summed E-state index contributed by atoms with van der Waals surface area (Å²) in [4.78, 5) is 2.42. The van der Waals surface area contributed by atoms with Gasteiger partial charge in [-0.05, 0) is 55.1 Å². The first-order valence-corrected chi connectivity index (χ1v) is 8.91. The number of furan rings is 1. The van der Waals surface area contributed by atoms with Crippen molar-refractivity contribution >= 4 is 5.69 Å². The molecule has 1 aromatic heterocycles. The van der Waals surface area contributed by atoms with E-state index < -0.39 is 0 Å². The van der Waals surface area contributed by atoms with Crippen LogP contribution in [0, 0.1) is 0 Å². The summed E-state index contributed by atoms with van der Waals surface area (Å²) in [6, 6.07) is 13.1. The molecule has 2 N–H and O–H groups in total. The lowest BCUT2D eigenvalue weighted by molar-refractivity contribution is 0.186. The van der Waals surface area contributed by atoms with E-state index in [0.717, 1.165) is 25.4 Å². The summed E-state index contributed by atoms with van der Waals surface area (Å²) in [6.07, 6.45) is 2.39. The van der Waals surface area contributed by atoms with Crippen LogP contribution >= 0.6 is 0 Å². The molecule has 0 aliphatic carbocycles. The summed E-state index contributed by atoms with van der Waals surface area (Å²) in [6.45, 7) is 7.33. The van der Waals surface area contributed by atoms with Crippen molar-refractivity contribution in [1.82, 2.24) is 4.90 Å². The van der Waals surface area contributed by atoms with Crippen molar-refractivity contribution in [2.45, 2.75) is 51.8 Å². The van der Waals surface area contributed by atoms with E-state index >= 15 is 0 Å². The van der Waals surface area contributed by atoms with Gasteiger partial charge in [0.1, 0.15) is 18.1 Å². The molecule has 3 rings (SSSR count). The lowest BCUT2D eigenvalue weighted by Gasteiger charge is -2.33. The van der Waals surface area contributed by atoms with Crippen molar-refractivity contribution in [2.75, 3.05) is 18.4 Å². The SMILES string of the molecule is CC(C)c1ccc(N[C@@H]2CCCN(Cc3ccc(CO)o3)C2)cc1. The Labute approximate surface area is 144 Å². The molecule has 4 nitrogen and oxygen atoms in total. The van der Waals surface area contributed by atoms with Gasteiger partial charge in [0.2, 0.25) is 0 Å². The van der Waals surface area contributed by atoms with Crippen LogP contribution < -0.4 is 5.32 Å². The Balaban J connectivity index is 1.55. The highest BCUT2D eigenvalue weighted by atomic mass is 16.4. The van der Waals surface area contributed by atoms with Gasteiger partial charge in [0.05, 0.1) is 6.54 Å². The quantitative estimate of drug-likeness (QED) is 0.842. The number of hydrogen-bond donors (Lipinski definition) is 2. The first-order valence-electron chi connectivity index (χ1n) is 8.91. The molecule has 4 heteroatoms. The highest BCUT2D eigenvalue weighted by molar-refractivity contribution is 5.46. The molecule has 0 amide bonds. The number of aliphatic hydroxyl groups excluding tert-OH is 1. The monoisotopic (exact) mass is 328 g/mol. The Morgan fingerprint density at radius 2 is 1.92 bits per heavy atom. The minimum atomic E-state index is -0.0312. The summed E-state index contributed by atoms with van der Waals surface area (Å²) >= 11 is 0. The molecular formula is C20H28N2O2. The Morgan fingerprint density at radius 3 is 2.58 bits per heavy atom. The van der Waals surface area contributed by atoms with Gasteiger partial charge in [0.15, 0.2) is 0 Å². The first kappa shape index (κ1) is 17.1. The minimum Gasteiger partial charge on any atom is -0.462 e. The van der Waals surface area contributed by atoms with Gasteiger partial charge in [0, 0.05) is 18.3 Å². The van der Waals surface area contributed by atoms with Crippen LogP contribution in [0.25, 0.3) is 0 Å². The van der Waals surface area contributed by atoms with Crippen LogP contribution in [0.1, 0.15) is 49.7 Å². The lowest BCUT2D eigenvalue weighted by atomic mass is 10.0. The average Bonchev–Trinajstić information content (AvgIpc) is 3.03. The predicted octanol–water partition coefficient (Wildman–Crippen LogP) is 3.97. The molecule has 1 atom stereocenters. The molecule has 130 valence electrons. The molecule has 24 heavy (non-hydrogen) atoms. The maximum Gasteiger partial charge on any atom is 0.129 e. The maximum absolute atomic E-state index is 9.10. The van der Waals surface area contributed by atoms with Gasteiger partial charge >= 0.3 is 0 Å². The number of benzene rings is 1. The van der Waals surface area contributed by atoms with Crippen molar-refractivity contribution in [3.63, 3.8) is 0 Å². The van der Waals surface area contributed by atoms with E-state index in [0.29, 0.717) is 17.7 Å². The van der Waals surface area contributed by atoms with Gasteiger partial charge in [-0.1, -0.05) is 26.0 Å². The third-order valence-electron chi connectivity index (χ3n) is 4.71. The predicted molar refractivity (Wildman–Crippen MR) is 97.1 cm³/mol. The van der Waals surface area contributed by atoms with E-state index in [1.165, 1.54) is 24.1 Å². The topological polar surface area (TPSA) is 48.6 Å².